The van der Waals surface area contributed by atoms with Crippen molar-refractivity contribution in [1.29, 1.82) is 0 Å². The van der Waals surface area contributed by atoms with Gasteiger partial charge >= 0.3 is 0 Å². The van der Waals surface area contributed by atoms with Crippen LogP contribution in [0.4, 0.5) is 0 Å². The molecule has 1 unspecified atom stereocenters. The van der Waals surface area contributed by atoms with Crippen molar-refractivity contribution in [3.05, 3.63) is 47.5 Å². The maximum Gasteiger partial charge on any atom is 0.234 e. The van der Waals surface area contributed by atoms with Gasteiger partial charge < -0.3 is 10.1 Å². The first-order valence-corrected chi connectivity index (χ1v) is 8.24. The number of amides is 1. The van der Waals surface area contributed by atoms with Crippen molar-refractivity contribution in [2.24, 2.45) is 0 Å². The van der Waals surface area contributed by atoms with Gasteiger partial charge in [-0.25, -0.2) is 4.98 Å². The number of nitrogens with one attached hydrogen (secondary N) is 2. The highest BCUT2D eigenvalue weighted by atomic mass is 16.5. The molecule has 1 aliphatic heterocycles. The molecule has 24 heavy (non-hydrogen) atoms. The molecule has 2 heterocycles. The minimum absolute atomic E-state index is 0.0396. The quantitative estimate of drug-likeness (QED) is 0.821. The number of H-pyrrole nitrogens is 1. The Morgan fingerprint density at radius 2 is 2.25 bits per heavy atom. The van der Waals surface area contributed by atoms with Crippen LogP contribution in [0.1, 0.15) is 23.3 Å². The molecular weight excluding hydrogens is 306 g/mol. The third-order valence-electron chi connectivity index (χ3n) is 4.00. The molecule has 0 radical (unpaired) electrons. The number of aromatic amines is 1. The molecule has 1 fully saturated rings. The van der Waals surface area contributed by atoms with E-state index in [1.807, 2.05) is 25.1 Å². The van der Waals surface area contributed by atoms with Gasteiger partial charge in [0.2, 0.25) is 5.91 Å². The molecule has 3 rings (SSSR count). The lowest BCUT2D eigenvalue weighted by atomic mass is 10.1. The first-order valence-electron chi connectivity index (χ1n) is 8.24. The number of aromatic nitrogens is 3. The smallest absolute Gasteiger partial charge is 0.234 e. The molecule has 0 saturated carbocycles. The Morgan fingerprint density at radius 3 is 3.00 bits per heavy atom. The zero-order valence-corrected chi connectivity index (χ0v) is 13.9. The van der Waals surface area contributed by atoms with Gasteiger partial charge in [0.1, 0.15) is 11.9 Å². The molecule has 1 aromatic carbocycles. The Bertz CT molecular complexity index is 658. The van der Waals surface area contributed by atoms with Crippen molar-refractivity contribution in [1.82, 2.24) is 25.4 Å². The predicted molar refractivity (Wildman–Crippen MR) is 89.4 cm³/mol. The number of rotatable bonds is 6. The van der Waals surface area contributed by atoms with E-state index < -0.39 is 0 Å². The lowest BCUT2D eigenvalue weighted by Gasteiger charge is -2.30. The summed E-state index contributed by atoms with van der Waals surface area (Å²) in [5, 5.41) is 9.95. The molecule has 7 nitrogen and oxygen atoms in total. The number of aryl methyl sites for hydroxylation is 1. The van der Waals surface area contributed by atoms with Crippen LogP contribution in [0.5, 0.6) is 0 Å². The zero-order valence-electron chi connectivity index (χ0n) is 13.9. The largest absolute Gasteiger partial charge is 0.367 e. The monoisotopic (exact) mass is 329 g/mol. The molecule has 0 spiro atoms. The standard InChI is InChI=1S/C17H23N5O2/c1-13-19-17(21-20-13)15-11-22(9-10-24-15)12-16(23)18-8-7-14-5-3-2-4-6-14/h2-6,15H,7-12H2,1H3,(H,18,23)(H,19,20,21). The molecule has 7 heteroatoms. The van der Waals surface area contributed by atoms with Crippen molar-refractivity contribution in [3.8, 4) is 0 Å². The van der Waals surface area contributed by atoms with Gasteiger partial charge in [0, 0.05) is 19.6 Å². The van der Waals surface area contributed by atoms with Crippen molar-refractivity contribution in [2.45, 2.75) is 19.4 Å². The molecule has 0 aliphatic carbocycles. The van der Waals surface area contributed by atoms with Crippen molar-refractivity contribution < 1.29 is 9.53 Å². The van der Waals surface area contributed by atoms with E-state index in [9.17, 15) is 4.79 Å². The fraction of sp³-hybridized carbons (Fsp3) is 0.471. The van der Waals surface area contributed by atoms with Crippen LogP contribution < -0.4 is 5.32 Å². The fourth-order valence-corrected chi connectivity index (χ4v) is 2.76. The minimum atomic E-state index is -0.180. The molecule has 1 saturated heterocycles. The number of carbonyl (C=O) groups excluding carboxylic acids is 1. The van der Waals surface area contributed by atoms with Crippen molar-refractivity contribution >= 4 is 5.91 Å². The molecule has 2 aromatic rings. The average Bonchev–Trinajstić information content (AvgIpc) is 3.03. The van der Waals surface area contributed by atoms with Gasteiger partial charge in [-0.15, -0.1) is 0 Å². The summed E-state index contributed by atoms with van der Waals surface area (Å²) in [5.41, 5.74) is 1.23. The maximum atomic E-state index is 12.1. The number of ether oxygens (including phenoxy) is 1. The highest BCUT2D eigenvalue weighted by molar-refractivity contribution is 5.78. The van der Waals surface area contributed by atoms with Crippen LogP contribution >= 0.6 is 0 Å². The summed E-state index contributed by atoms with van der Waals surface area (Å²) in [5.74, 6) is 1.46. The number of morpholine rings is 1. The second-order valence-corrected chi connectivity index (χ2v) is 5.96. The van der Waals surface area contributed by atoms with Crippen molar-refractivity contribution in [2.75, 3.05) is 32.8 Å². The highest BCUT2D eigenvalue weighted by Gasteiger charge is 2.26. The lowest BCUT2D eigenvalue weighted by Crippen LogP contribution is -2.44. The van der Waals surface area contributed by atoms with Gasteiger partial charge in [-0.1, -0.05) is 30.3 Å². The Labute approximate surface area is 141 Å². The highest BCUT2D eigenvalue weighted by Crippen LogP contribution is 2.18. The first-order chi connectivity index (χ1) is 11.7. The molecule has 2 N–H and O–H groups in total. The molecule has 128 valence electrons. The van der Waals surface area contributed by atoms with E-state index in [1.165, 1.54) is 5.56 Å². The van der Waals surface area contributed by atoms with E-state index in [0.717, 1.165) is 18.8 Å². The molecule has 1 aliphatic rings. The average molecular weight is 329 g/mol. The number of benzene rings is 1. The second-order valence-electron chi connectivity index (χ2n) is 5.96. The Balaban J connectivity index is 1.42. The Hall–Kier alpha value is -2.25. The summed E-state index contributed by atoms with van der Waals surface area (Å²) >= 11 is 0. The topological polar surface area (TPSA) is 83.1 Å². The third-order valence-corrected chi connectivity index (χ3v) is 4.00. The number of nitrogens with zero attached hydrogens (tertiary/aromatic N) is 3. The van der Waals surface area contributed by atoms with Crippen LogP contribution in [0.2, 0.25) is 0 Å². The van der Waals surface area contributed by atoms with Gasteiger partial charge in [0.15, 0.2) is 5.82 Å². The van der Waals surface area contributed by atoms with Crippen LogP contribution in [0, 0.1) is 6.92 Å². The predicted octanol–water partition coefficient (Wildman–Crippen LogP) is 0.845. The zero-order chi connectivity index (χ0) is 16.8. The van der Waals surface area contributed by atoms with Gasteiger partial charge in [0.25, 0.3) is 0 Å². The van der Waals surface area contributed by atoms with E-state index in [2.05, 4.69) is 37.5 Å². The minimum Gasteiger partial charge on any atom is -0.367 e. The summed E-state index contributed by atoms with van der Waals surface area (Å²) in [7, 11) is 0. The van der Waals surface area contributed by atoms with Crippen LogP contribution in [0.15, 0.2) is 30.3 Å². The summed E-state index contributed by atoms with van der Waals surface area (Å²) < 4.78 is 5.71. The lowest BCUT2D eigenvalue weighted by molar-refractivity contribution is -0.124. The van der Waals surface area contributed by atoms with E-state index in [4.69, 9.17) is 4.74 Å². The second kappa shape index (κ2) is 8.03. The summed E-state index contributed by atoms with van der Waals surface area (Å²) in [6.45, 7) is 4.83. The summed E-state index contributed by atoms with van der Waals surface area (Å²) in [4.78, 5) is 18.5. The van der Waals surface area contributed by atoms with Gasteiger partial charge in [-0.3, -0.25) is 14.8 Å². The van der Waals surface area contributed by atoms with E-state index in [1.54, 1.807) is 0 Å². The van der Waals surface area contributed by atoms with Crippen LogP contribution in [0.25, 0.3) is 0 Å². The molecular formula is C17H23N5O2. The van der Waals surface area contributed by atoms with Gasteiger partial charge in [0.05, 0.1) is 13.2 Å². The number of hydrogen-bond donors (Lipinski definition) is 2. The number of carbonyl (C=O) groups is 1. The Kier molecular flexibility index (Phi) is 5.55. The summed E-state index contributed by atoms with van der Waals surface area (Å²) in [6, 6.07) is 10.1. The first kappa shape index (κ1) is 16.6. The SMILES string of the molecule is Cc1nc(C2CN(CC(=O)NCCc3ccccc3)CCO2)n[nH]1. The van der Waals surface area contributed by atoms with Crippen molar-refractivity contribution in [3.63, 3.8) is 0 Å². The van der Waals surface area contributed by atoms with Gasteiger partial charge in [-0.05, 0) is 18.9 Å². The van der Waals surface area contributed by atoms with Crippen LogP contribution in [-0.2, 0) is 16.0 Å². The Morgan fingerprint density at radius 1 is 1.42 bits per heavy atom. The van der Waals surface area contributed by atoms with Crippen LogP contribution in [-0.4, -0.2) is 58.8 Å². The van der Waals surface area contributed by atoms with E-state index in [-0.39, 0.29) is 12.0 Å². The molecule has 1 amide bonds. The van der Waals surface area contributed by atoms with E-state index in [0.29, 0.717) is 32.1 Å². The normalized spacial score (nSPS) is 18.5. The fourth-order valence-electron chi connectivity index (χ4n) is 2.76. The maximum absolute atomic E-state index is 12.1. The molecule has 0 bridgehead atoms. The van der Waals surface area contributed by atoms with Crippen LogP contribution in [0.3, 0.4) is 0 Å². The third kappa shape index (κ3) is 4.62. The molecule has 1 aromatic heterocycles. The molecule has 1 atom stereocenters. The summed E-state index contributed by atoms with van der Waals surface area (Å²) in [6.07, 6.45) is 0.662. The van der Waals surface area contributed by atoms with Gasteiger partial charge in [-0.2, -0.15) is 5.10 Å². The number of hydrogen-bond acceptors (Lipinski definition) is 5. The van der Waals surface area contributed by atoms with E-state index >= 15 is 0 Å².